The first-order chi connectivity index (χ1) is 6.79. The van der Waals surface area contributed by atoms with Crippen molar-refractivity contribution in [2.75, 3.05) is 5.73 Å². The zero-order valence-electron chi connectivity index (χ0n) is 7.38. The van der Waals surface area contributed by atoms with E-state index in [0.29, 0.717) is 17.1 Å². The molecule has 0 aliphatic heterocycles. The zero-order chi connectivity index (χ0) is 9.97. The fraction of sp³-hybridized carbons (Fsp3) is 0. The molecule has 0 spiro atoms. The molecule has 14 heavy (non-hydrogen) atoms. The van der Waals surface area contributed by atoms with Crippen LogP contribution in [0.15, 0.2) is 36.7 Å². The summed E-state index contributed by atoms with van der Waals surface area (Å²) in [5.41, 5.74) is 7.12. The monoisotopic (exact) mass is 187 g/mol. The molecular weight excluding hydrogens is 178 g/mol. The molecule has 2 heterocycles. The summed E-state index contributed by atoms with van der Waals surface area (Å²) < 4.78 is 0. The maximum atomic E-state index is 9.53. The lowest BCUT2D eigenvalue weighted by Crippen LogP contribution is -1.94. The van der Waals surface area contributed by atoms with E-state index in [1.54, 1.807) is 36.7 Å². The Morgan fingerprint density at radius 2 is 1.64 bits per heavy atom. The lowest BCUT2D eigenvalue weighted by atomic mass is 10.2. The quantitative estimate of drug-likeness (QED) is 0.708. The Bertz CT molecular complexity index is 413. The van der Waals surface area contributed by atoms with Crippen molar-refractivity contribution < 1.29 is 5.11 Å². The topological polar surface area (TPSA) is 72.0 Å². The Labute approximate surface area is 81.1 Å². The van der Waals surface area contributed by atoms with Gasteiger partial charge in [-0.05, 0) is 24.3 Å². The summed E-state index contributed by atoms with van der Waals surface area (Å²) in [6, 6.07) is 6.66. The molecule has 0 atom stereocenters. The number of nitrogens with two attached hydrogens (primary N) is 1. The Balaban J connectivity index is 2.61. The lowest BCUT2D eigenvalue weighted by molar-refractivity contribution is 0.475. The molecule has 0 aliphatic carbocycles. The van der Waals surface area contributed by atoms with E-state index < -0.39 is 0 Å². The van der Waals surface area contributed by atoms with Crippen LogP contribution in [0.5, 0.6) is 5.75 Å². The summed E-state index contributed by atoms with van der Waals surface area (Å²) in [4.78, 5) is 8.08. The second kappa shape index (κ2) is 3.33. The summed E-state index contributed by atoms with van der Waals surface area (Å²) >= 11 is 0. The normalized spacial score (nSPS) is 10.0. The van der Waals surface area contributed by atoms with Crippen molar-refractivity contribution in [1.29, 1.82) is 0 Å². The van der Waals surface area contributed by atoms with Gasteiger partial charge >= 0.3 is 0 Å². The average Bonchev–Trinajstić information content (AvgIpc) is 2.20. The van der Waals surface area contributed by atoms with Gasteiger partial charge in [-0.15, -0.1) is 0 Å². The number of nitrogens with zero attached hydrogens (tertiary/aromatic N) is 2. The molecule has 3 N–H and O–H groups in total. The maximum absolute atomic E-state index is 9.53. The van der Waals surface area contributed by atoms with Gasteiger partial charge in [0.2, 0.25) is 0 Å². The fourth-order valence-corrected chi connectivity index (χ4v) is 1.19. The highest BCUT2D eigenvalue weighted by atomic mass is 16.3. The first kappa shape index (κ1) is 8.50. The van der Waals surface area contributed by atoms with Gasteiger partial charge in [0.1, 0.15) is 17.1 Å². The summed E-state index contributed by atoms with van der Waals surface area (Å²) in [5.74, 6) is 0.0814. The van der Waals surface area contributed by atoms with Crippen molar-refractivity contribution in [3.63, 3.8) is 0 Å². The first-order valence-corrected chi connectivity index (χ1v) is 4.14. The van der Waals surface area contributed by atoms with E-state index in [4.69, 9.17) is 5.73 Å². The lowest BCUT2D eigenvalue weighted by Gasteiger charge is -2.04. The van der Waals surface area contributed by atoms with Crippen LogP contribution < -0.4 is 5.73 Å². The molecule has 0 fully saturated rings. The minimum absolute atomic E-state index is 0.0814. The van der Waals surface area contributed by atoms with Crippen LogP contribution in [0.2, 0.25) is 0 Å². The molecule has 2 rings (SSSR count). The van der Waals surface area contributed by atoms with Crippen molar-refractivity contribution in [3.8, 4) is 17.1 Å². The van der Waals surface area contributed by atoms with E-state index in [2.05, 4.69) is 9.97 Å². The number of pyridine rings is 2. The maximum Gasteiger partial charge on any atom is 0.143 e. The largest absolute Gasteiger partial charge is 0.506 e. The molecule has 0 saturated carbocycles. The van der Waals surface area contributed by atoms with Gasteiger partial charge in [-0.1, -0.05) is 0 Å². The molecular formula is C10H9N3O. The predicted molar refractivity (Wildman–Crippen MR) is 53.5 cm³/mol. The third-order valence-electron chi connectivity index (χ3n) is 1.85. The van der Waals surface area contributed by atoms with Crippen LogP contribution in [-0.2, 0) is 0 Å². The van der Waals surface area contributed by atoms with Crippen molar-refractivity contribution in [2.24, 2.45) is 0 Å². The van der Waals surface area contributed by atoms with Crippen molar-refractivity contribution >= 4 is 5.69 Å². The Hall–Kier alpha value is -2.10. The van der Waals surface area contributed by atoms with Gasteiger partial charge in [0, 0.05) is 12.4 Å². The third-order valence-corrected chi connectivity index (χ3v) is 1.85. The number of hydrogen-bond donors (Lipinski definition) is 2. The highest BCUT2D eigenvalue weighted by molar-refractivity contribution is 5.73. The van der Waals surface area contributed by atoms with E-state index in [-0.39, 0.29) is 5.75 Å². The summed E-state index contributed by atoms with van der Waals surface area (Å²) in [5, 5.41) is 9.53. The van der Waals surface area contributed by atoms with Crippen molar-refractivity contribution in [3.05, 3.63) is 36.7 Å². The van der Waals surface area contributed by atoms with Gasteiger partial charge < -0.3 is 10.8 Å². The first-order valence-electron chi connectivity index (χ1n) is 4.14. The number of nitrogen functional groups attached to an aromatic ring is 1. The Kier molecular flexibility index (Phi) is 2.02. The second-order valence-corrected chi connectivity index (χ2v) is 2.81. The molecule has 2 aromatic rings. The molecule has 0 saturated heterocycles. The van der Waals surface area contributed by atoms with Crippen LogP contribution in [0.25, 0.3) is 11.4 Å². The SMILES string of the molecule is Nc1cccnc1-c1ncccc1O. The van der Waals surface area contributed by atoms with Crippen molar-refractivity contribution in [1.82, 2.24) is 9.97 Å². The molecule has 0 radical (unpaired) electrons. The zero-order valence-corrected chi connectivity index (χ0v) is 7.38. The minimum Gasteiger partial charge on any atom is -0.506 e. The number of rotatable bonds is 1. The molecule has 0 aliphatic rings. The van der Waals surface area contributed by atoms with E-state index in [9.17, 15) is 5.11 Å². The van der Waals surface area contributed by atoms with E-state index >= 15 is 0 Å². The van der Waals surface area contributed by atoms with Crippen LogP contribution >= 0.6 is 0 Å². The standard InChI is InChI=1S/C10H9N3O/c11-7-3-1-5-12-9(7)10-8(14)4-2-6-13-10/h1-6,14H,11H2. The Morgan fingerprint density at radius 1 is 1.00 bits per heavy atom. The van der Waals surface area contributed by atoms with Crippen LogP contribution in [0.3, 0.4) is 0 Å². The number of hydrogen-bond acceptors (Lipinski definition) is 4. The van der Waals surface area contributed by atoms with E-state index in [0.717, 1.165) is 0 Å². The number of aromatic nitrogens is 2. The molecule has 0 unspecified atom stereocenters. The third kappa shape index (κ3) is 1.37. The average molecular weight is 187 g/mol. The fourth-order valence-electron chi connectivity index (χ4n) is 1.19. The predicted octanol–water partition coefficient (Wildman–Crippen LogP) is 1.43. The van der Waals surface area contributed by atoms with Gasteiger partial charge in [-0.3, -0.25) is 9.97 Å². The van der Waals surface area contributed by atoms with Gasteiger partial charge in [0.15, 0.2) is 0 Å². The van der Waals surface area contributed by atoms with Crippen LogP contribution in [0.4, 0.5) is 5.69 Å². The number of aromatic hydroxyl groups is 1. The second-order valence-electron chi connectivity index (χ2n) is 2.81. The molecule has 0 bridgehead atoms. The Morgan fingerprint density at radius 3 is 2.29 bits per heavy atom. The summed E-state index contributed by atoms with van der Waals surface area (Å²) in [6.45, 7) is 0. The molecule has 4 heteroatoms. The molecule has 2 aromatic heterocycles. The van der Waals surface area contributed by atoms with Crippen LogP contribution in [0.1, 0.15) is 0 Å². The van der Waals surface area contributed by atoms with E-state index in [1.807, 2.05) is 0 Å². The molecule has 70 valence electrons. The van der Waals surface area contributed by atoms with Gasteiger partial charge in [-0.25, -0.2) is 0 Å². The molecule has 0 aromatic carbocycles. The van der Waals surface area contributed by atoms with Crippen LogP contribution in [0, 0.1) is 0 Å². The molecule has 4 nitrogen and oxygen atoms in total. The van der Waals surface area contributed by atoms with E-state index in [1.165, 1.54) is 0 Å². The smallest absolute Gasteiger partial charge is 0.143 e. The molecule has 0 amide bonds. The summed E-state index contributed by atoms with van der Waals surface area (Å²) in [6.07, 6.45) is 3.20. The van der Waals surface area contributed by atoms with Crippen molar-refractivity contribution in [2.45, 2.75) is 0 Å². The highest BCUT2D eigenvalue weighted by Crippen LogP contribution is 2.27. The van der Waals surface area contributed by atoms with Gasteiger partial charge in [0.05, 0.1) is 5.69 Å². The number of anilines is 1. The van der Waals surface area contributed by atoms with Gasteiger partial charge in [0.25, 0.3) is 0 Å². The van der Waals surface area contributed by atoms with Crippen LogP contribution in [-0.4, -0.2) is 15.1 Å². The van der Waals surface area contributed by atoms with Gasteiger partial charge in [-0.2, -0.15) is 0 Å². The summed E-state index contributed by atoms with van der Waals surface area (Å²) in [7, 11) is 0. The highest BCUT2D eigenvalue weighted by Gasteiger charge is 2.08. The minimum atomic E-state index is 0.0814.